The Morgan fingerprint density at radius 1 is 1.71 bits per heavy atom. The number of rotatable bonds is 2. The van der Waals surface area contributed by atoms with Gasteiger partial charge >= 0.3 is 0 Å². The number of piperidine rings is 1. The maximum atomic E-state index is 5.91. The van der Waals surface area contributed by atoms with Crippen molar-refractivity contribution in [2.75, 3.05) is 6.54 Å². The number of likely N-dealkylation sites (tertiary alicyclic amines) is 1. The van der Waals surface area contributed by atoms with Gasteiger partial charge in [0.1, 0.15) is 0 Å². The third-order valence-corrected chi connectivity index (χ3v) is 3.38. The zero-order chi connectivity index (χ0) is 9.97. The van der Waals surface area contributed by atoms with Gasteiger partial charge in [0.15, 0.2) is 0 Å². The second-order valence-corrected chi connectivity index (χ2v) is 4.61. The summed E-state index contributed by atoms with van der Waals surface area (Å²) in [4.78, 5) is 2.43. The Kier molecular flexibility index (Phi) is 3.10. The van der Waals surface area contributed by atoms with Crippen LogP contribution in [0.25, 0.3) is 0 Å². The first-order valence-corrected chi connectivity index (χ1v) is 5.85. The van der Waals surface area contributed by atoms with Crippen LogP contribution in [-0.4, -0.2) is 33.1 Å². The lowest BCUT2D eigenvalue weighted by molar-refractivity contribution is 0.138. The number of hydrogen-bond acceptors (Lipinski definition) is 5. The Morgan fingerprint density at radius 2 is 2.57 bits per heavy atom. The third kappa shape index (κ3) is 2.29. The van der Waals surface area contributed by atoms with Crippen LogP contribution in [0.2, 0.25) is 0 Å². The predicted octanol–water partition coefficient (Wildman–Crippen LogP) is 0.850. The van der Waals surface area contributed by atoms with Gasteiger partial charge in [-0.2, -0.15) is 0 Å². The highest BCUT2D eigenvalue weighted by Crippen LogP contribution is 2.18. The van der Waals surface area contributed by atoms with Gasteiger partial charge in [0.2, 0.25) is 0 Å². The topological polar surface area (TPSA) is 55.0 Å². The molecule has 0 spiro atoms. The second kappa shape index (κ2) is 4.33. The zero-order valence-corrected chi connectivity index (χ0v) is 9.20. The Balaban J connectivity index is 1.92. The molecular weight excluding hydrogens is 196 g/mol. The van der Waals surface area contributed by atoms with Gasteiger partial charge in [-0.3, -0.25) is 4.90 Å². The Hall–Kier alpha value is -0.520. The maximum absolute atomic E-state index is 5.91. The van der Waals surface area contributed by atoms with Crippen LogP contribution in [0.4, 0.5) is 0 Å². The summed E-state index contributed by atoms with van der Waals surface area (Å²) in [5.41, 5.74) is 6.99. The quantitative estimate of drug-likeness (QED) is 0.789. The fraction of sp³-hybridized carbons (Fsp3) is 0.778. The minimum atomic E-state index is 0.384. The summed E-state index contributed by atoms with van der Waals surface area (Å²) in [5.74, 6) is 0. The standard InChI is InChI=1S/C9H16N4S/c1-7-4-8(10)2-3-13(7)5-9-6-14-12-11-9/h6-8H,2-5,10H2,1H3. The number of nitrogens with two attached hydrogens (primary N) is 1. The average Bonchev–Trinajstić information content (AvgIpc) is 2.62. The van der Waals surface area contributed by atoms with E-state index in [1.165, 1.54) is 11.5 Å². The van der Waals surface area contributed by atoms with E-state index in [9.17, 15) is 0 Å². The first-order valence-electron chi connectivity index (χ1n) is 5.01. The molecule has 2 atom stereocenters. The molecule has 1 aliphatic heterocycles. The van der Waals surface area contributed by atoms with Crippen LogP contribution in [0, 0.1) is 0 Å². The highest BCUT2D eigenvalue weighted by atomic mass is 32.1. The van der Waals surface area contributed by atoms with Gasteiger partial charge in [-0.1, -0.05) is 4.49 Å². The Morgan fingerprint density at radius 3 is 3.21 bits per heavy atom. The summed E-state index contributed by atoms with van der Waals surface area (Å²) in [5, 5.41) is 6.07. The summed E-state index contributed by atoms with van der Waals surface area (Å²) in [6, 6.07) is 0.954. The monoisotopic (exact) mass is 212 g/mol. The molecule has 0 radical (unpaired) electrons. The third-order valence-electron chi connectivity index (χ3n) is 2.82. The van der Waals surface area contributed by atoms with Gasteiger partial charge in [0, 0.05) is 30.6 Å². The van der Waals surface area contributed by atoms with Crippen molar-refractivity contribution >= 4 is 11.5 Å². The molecule has 78 valence electrons. The van der Waals surface area contributed by atoms with Crippen molar-refractivity contribution in [3.8, 4) is 0 Å². The van der Waals surface area contributed by atoms with E-state index in [2.05, 4.69) is 21.4 Å². The molecule has 2 N–H and O–H groups in total. The van der Waals surface area contributed by atoms with Crippen LogP contribution in [0.1, 0.15) is 25.5 Å². The van der Waals surface area contributed by atoms with E-state index in [1.54, 1.807) is 0 Å². The minimum absolute atomic E-state index is 0.384. The molecule has 0 amide bonds. The molecule has 0 saturated carbocycles. The van der Waals surface area contributed by atoms with E-state index in [0.29, 0.717) is 12.1 Å². The summed E-state index contributed by atoms with van der Waals surface area (Å²) in [7, 11) is 0. The summed E-state index contributed by atoms with van der Waals surface area (Å²) >= 11 is 1.42. The van der Waals surface area contributed by atoms with Crippen molar-refractivity contribution in [2.45, 2.75) is 38.4 Å². The van der Waals surface area contributed by atoms with Crippen LogP contribution in [0.15, 0.2) is 5.38 Å². The predicted molar refractivity (Wildman–Crippen MR) is 57.0 cm³/mol. The van der Waals surface area contributed by atoms with Crippen molar-refractivity contribution < 1.29 is 0 Å². The fourth-order valence-corrected chi connectivity index (χ4v) is 2.40. The summed E-state index contributed by atoms with van der Waals surface area (Å²) < 4.78 is 3.87. The van der Waals surface area contributed by atoms with E-state index in [4.69, 9.17) is 5.73 Å². The molecule has 1 aliphatic rings. The molecule has 4 nitrogen and oxygen atoms in total. The van der Waals surface area contributed by atoms with Gasteiger partial charge < -0.3 is 5.73 Å². The number of aromatic nitrogens is 2. The number of hydrogen-bond donors (Lipinski definition) is 1. The molecule has 14 heavy (non-hydrogen) atoms. The molecule has 1 aromatic rings. The Bertz CT molecular complexity index is 274. The normalized spacial score (nSPS) is 29.3. The molecule has 2 heterocycles. The zero-order valence-electron chi connectivity index (χ0n) is 8.39. The van der Waals surface area contributed by atoms with Gasteiger partial charge in [-0.05, 0) is 31.3 Å². The molecule has 0 aromatic carbocycles. The molecule has 2 rings (SSSR count). The highest BCUT2D eigenvalue weighted by Gasteiger charge is 2.23. The minimum Gasteiger partial charge on any atom is -0.328 e. The van der Waals surface area contributed by atoms with Crippen molar-refractivity contribution in [1.29, 1.82) is 0 Å². The smallest absolute Gasteiger partial charge is 0.0895 e. The molecule has 1 saturated heterocycles. The molecule has 2 unspecified atom stereocenters. The van der Waals surface area contributed by atoms with Crippen molar-refractivity contribution in [3.63, 3.8) is 0 Å². The van der Waals surface area contributed by atoms with Crippen LogP contribution in [0.5, 0.6) is 0 Å². The first-order chi connectivity index (χ1) is 6.75. The molecule has 5 heteroatoms. The van der Waals surface area contributed by atoms with Crippen LogP contribution in [-0.2, 0) is 6.54 Å². The number of nitrogens with zero attached hydrogens (tertiary/aromatic N) is 3. The van der Waals surface area contributed by atoms with E-state index >= 15 is 0 Å². The lowest BCUT2D eigenvalue weighted by atomic mass is 9.99. The molecule has 0 bridgehead atoms. The Labute approximate surface area is 88.3 Å². The van der Waals surface area contributed by atoms with E-state index in [1.807, 2.05) is 5.38 Å². The van der Waals surface area contributed by atoms with Gasteiger partial charge in [-0.25, -0.2) is 0 Å². The van der Waals surface area contributed by atoms with Crippen LogP contribution >= 0.6 is 11.5 Å². The van der Waals surface area contributed by atoms with Crippen molar-refractivity contribution in [3.05, 3.63) is 11.1 Å². The second-order valence-electron chi connectivity index (χ2n) is 4.00. The largest absolute Gasteiger partial charge is 0.328 e. The van der Waals surface area contributed by atoms with Gasteiger partial charge in [0.25, 0.3) is 0 Å². The molecule has 1 fully saturated rings. The first kappa shape index (κ1) is 10.0. The highest BCUT2D eigenvalue weighted by molar-refractivity contribution is 7.03. The SMILES string of the molecule is CC1CC(N)CCN1Cc1csnn1. The lowest BCUT2D eigenvalue weighted by Gasteiger charge is -2.35. The molecule has 1 aromatic heterocycles. The van der Waals surface area contributed by atoms with Gasteiger partial charge in [-0.15, -0.1) is 5.10 Å². The molecule has 0 aliphatic carbocycles. The molecular formula is C9H16N4S. The van der Waals surface area contributed by atoms with Gasteiger partial charge in [0.05, 0.1) is 5.69 Å². The van der Waals surface area contributed by atoms with E-state index < -0.39 is 0 Å². The maximum Gasteiger partial charge on any atom is 0.0895 e. The summed E-state index contributed by atoms with van der Waals surface area (Å²) in [6.45, 7) is 4.24. The van der Waals surface area contributed by atoms with Crippen LogP contribution < -0.4 is 5.73 Å². The van der Waals surface area contributed by atoms with E-state index in [0.717, 1.165) is 31.6 Å². The van der Waals surface area contributed by atoms with Crippen molar-refractivity contribution in [1.82, 2.24) is 14.5 Å². The average molecular weight is 212 g/mol. The van der Waals surface area contributed by atoms with E-state index in [-0.39, 0.29) is 0 Å². The lowest BCUT2D eigenvalue weighted by Crippen LogP contribution is -2.45. The fourth-order valence-electron chi connectivity index (χ4n) is 1.95. The van der Waals surface area contributed by atoms with Crippen molar-refractivity contribution in [2.24, 2.45) is 5.73 Å². The summed E-state index contributed by atoms with van der Waals surface area (Å²) in [6.07, 6.45) is 2.19. The van der Waals surface area contributed by atoms with Crippen LogP contribution in [0.3, 0.4) is 0 Å².